The minimum absolute atomic E-state index is 0.0103. The zero-order valence-electron chi connectivity index (χ0n) is 24.0. The Morgan fingerprint density at radius 3 is 2.27 bits per heavy atom. The highest BCUT2D eigenvalue weighted by atomic mass is 16.6. The SMILES string of the molecule is CC(/C=C/c1ccccc1)C1C/C=C/C(=O)NC(c2ccc(O)cc2)C(=O)NCC(C)(C)C(=O)OC(C)(C)C(=O)O1. The molecule has 9 heteroatoms. The fraction of sp³-hybridized carbons (Fsp3) is 0.375. The summed E-state index contributed by atoms with van der Waals surface area (Å²) < 4.78 is 11.4. The minimum atomic E-state index is -1.60. The number of phenols is 1. The molecule has 41 heavy (non-hydrogen) atoms. The molecular weight excluding hydrogens is 524 g/mol. The Bertz CT molecular complexity index is 1300. The van der Waals surface area contributed by atoms with E-state index in [9.17, 15) is 24.3 Å². The standard InChI is InChI=1S/C32H38N2O7/c1-21(14-15-22-10-7-6-8-11-22)25-12-9-13-26(36)34-27(23-16-18-24(35)19-17-23)28(37)33-20-31(2,3)29(38)41-32(4,5)30(39)40-25/h6-11,13-19,21,25,27,35H,12,20H2,1-5H3,(H,33,37)(H,34,36)/b13-9+,15-14+. The van der Waals surface area contributed by atoms with Crippen molar-refractivity contribution in [3.05, 3.63) is 84.0 Å². The molecule has 9 nitrogen and oxygen atoms in total. The van der Waals surface area contributed by atoms with Crippen LogP contribution in [0, 0.1) is 11.3 Å². The summed E-state index contributed by atoms with van der Waals surface area (Å²) in [6, 6.07) is 14.4. The van der Waals surface area contributed by atoms with Crippen LogP contribution in [-0.2, 0) is 28.7 Å². The number of aromatic hydroxyl groups is 1. The molecule has 0 fully saturated rings. The van der Waals surface area contributed by atoms with Gasteiger partial charge in [0.25, 0.3) is 0 Å². The summed E-state index contributed by atoms with van der Waals surface area (Å²) in [6.07, 6.45) is 6.19. The quantitative estimate of drug-likeness (QED) is 0.475. The van der Waals surface area contributed by atoms with E-state index in [0.717, 1.165) is 5.56 Å². The highest BCUT2D eigenvalue weighted by molar-refractivity contribution is 5.94. The monoisotopic (exact) mass is 562 g/mol. The van der Waals surface area contributed by atoms with Gasteiger partial charge in [-0.25, -0.2) is 4.79 Å². The maximum Gasteiger partial charge on any atom is 0.350 e. The third kappa shape index (κ3) is 8.79. The minimum Gasteiger partial charge on any atom is -0.508 e. The van der Waals surface area contributed by atoms with Crippen LogP contribution in [0.4, 0.5) is 0 Å². The van der Waals surface area contributed by atoms with Crippen LogP contribution in [0.15, 0.2) is 72.8 Å². The maximum atomic E-state index is 13.2. The maximum absolute atomic E-state index is 13.2. The van der Waals surface area contributed by atoms with Gasteiger partial charge in [0, 0.05) is 18.9 Å². The molecule has 0 aromatic heterocycles. The molecule has 3 unspecified atom stereocenters. The van der Waals surface area contributed by atoms with E-state index in [0.29, 0.717) is 5.56 Å². The molecule has 2 aromatic rings. The van der Waals surface area contributed by atoms with Crippen molar-refractivity contribution in [1.82, 2.24) is 10.6 Å². The number of amides is 2. The predicted octanol–water partition coefficient (Wildman–Crippen LogP) is 4.23. The third-order valence-corrected chi connectivity index (χ3v) is 6.75. The zero-order valence-corrected chi connectivity index (χ0v) is 24.0. The molecular formula is C32H38N2O7. The lowest BCUT2D eigenvalue weighted by molar-refractivity contribution is -0.188. The molecule has 0 bridgehead atoms. The van der Waals surface area contributed by atoms with Crippen molar-refractivity contribution in [2.24, 2.45) is 11.3 Å². The normalized spacial score (nSPS) is 23.5. The summed E-state index contributed by atoms with van der Waals surface area (Å²) in [7, 11) is 0. The summed E-state index contributed by atoms with van der Waals surface area (Å²) in [4.78, 5) is 52.4. The summed E-state index contributed by atoms with van der Waals surface area (Å²) in [5.74, 6) is -2.78. The van der Waals surface area contributed by atoms with Crippen LogP contribution in [-0.4, -0.2) is 47.1 Å². The Balaban J connectivity index is 1.93. The number of nitrogens with one attached hydrogen (secondary N) is 2. The van der Waals surface area contributed by atoms with E-state index in [2.05, 4.69) is 10.6 Å². The lowest BCUT2D eigenvalue weighted by Crippen LogP contribution is -2.48. The highest BCUT2D eigenvalue weighted by Gasteiger charge is 2.41. The molecule has 2 aromatic carbocycles. The smallest absolute Gasteiger partial charge is 0.350 e. The highest BCUT2D eigenvalue weighted by Crippen LogP contribution is 2.26. The van der Waals surface area contributed by atoms with E-state index in [1.54, 1.807) is 19.9 Å². The molecule has 218 valence electrons. The lowest BCUT2D eigenvalue weighted by Gasteiger charge is -2.32. The van der Waals surface area contributed by atoms with E-state index in [1.165, 1.54) is 44.2 Å². The van der Waals surface area contributed by atoms with Crippen molar-refractivity contribution in [2.45, 2.75) is 58.8 Å². The predicted molar refractivity (Wildman–Crippen MR) is 154 cm³/mol. The number of rotatable bonds is 4. The number of hydrogen-bond acceptors (Lipinski definition) is 7. The molecule has 2 amide bonds. The van der Waals surface area contributed by atoms with Gasteiger partial charge in [-0.15, -0.1) is 0 Å². The molecule has 0 saturated heterocycles. The molecule has 0 radical (unpaired) electrons. The van der Waals surface area contributed by atoms with Gasteiger partial charge in [-0.3, -0.25) is 14.4 Å². The van der Waals surface area contributed by atoms with Crippen molar-refractivity contribution in [3.8, 4) is 5.75 Å². The topological polar surface area (TPSA) is 131 Å². The first-order valence-corrected chi connectivity index (χ1v) is 13.5. The van der Waals surface area contributed by atoms with Crippen LogP contribution in [0.3, 0.4) is 0 Å². The summed E-state index contributed by atoms with van der Waals surface area (Å²) in [5, 5.41) is 15.0. The molecule has 3 N–H and O–H groups in total. The van der Waals surface area contributed by atoms with Crippen LogP contribution in [0.2, 0.25) is 0 Å². The number of ether oxygens (including phenoxy) is 2. The van der Waals surface area contributed by atoms with Crippen LogP contribution >= 0.6 is 0 Å². The largest absolute Gasteiger partial charge is 0.508 e. The molecule has 0 spiro atoms. The number of carbonyl (C=O) groups is 4. The van der Waals surface area contributed by atoms with E-state index < -0.39 is 46.9 Å². The molecule has 1 heterocycles. The summed E-state index contributed by atoms with van der Waals surface area (Å²) >= 11 is 0. The van der Waals surface area contributed by atoms with Gasteiger partial charge in [0.1, 0.15) is 17.9 Å². The number of carbonyl (C=O) groups excluding carboxylic acids is 4. The fourth-order valence-electron chi connectivity index (χ4n) is 3.96. The van der Waals surface area contributed by atoms with E-state index in [4.69, 9.17) is 9.47 Å². The molecule has 0 aliphatic carbocycles. The second-order valence-corrected chi connectivity index (χ2v) is 11.2. The molecule has 0 saturated carbocycles. The van der Waals surface area contributed by atoms with Crippen molar-refractivity contribution >= 4 is 29.8 Å². The Morgan fingerprint density at radius 2 is 1.61 bits per heavy atom. The van der Waals surface area contributed by atoms with Crippen LogP contribution in [0.25, 0.3) is 6.08 Å². The zero-order chi connectivity index (χ0) is 30.2. The number of hydrogen-bond donors (Lipinski definition) is 3. The van der Waals surface area contributed by atoms with Crippen LogP contribution < -0.4 is 10.6 Å². The first-order chi connectivity index (χ1) is 19.3. The van der Waals surface area contributed by atoms with Gasteiger partial charge in [0.2, 0.25) is 17.4 Å². The molecule has 3 atom stereocenters. The fourth-order valence-corrected chi connectivity index (χ4v) is 3.96. The van der Waals surface area contributed by atoms with Crippen molar-refractivity contribution < 1.29 is 33.8 Å². The van der Waals surface area contributed by atoms with Gasteiger partial charge in [-0.2, -0.15) is 0 Å². The number of cyclic esters (lactones) is 2. The average Bonchev–Trinajstić information content (AvgIpc) is 2.93. The van der Waals surface area contributed by atoms with Gasteiger partial charge in [0.05, 0.1) is 5.41 Å². The lowest BCUT2D eigenvalue weighted by atomic mass is 9.92. The Hall–Kier alpha value is -4.40. The first-order valence-electron chi connectivity index (χ1n) is 13.5. The van der Waals surface area contributed by atoms with Crippen LogP contribution in [0.5, 0.6) is 5.75 Å². The van der Waals surface area contributed by atoms with Crippen molar-refractivity contribution in [1.29, 1.82) is 0 Å². The molecule has 3 rings (SSSR count). The Morgan fingerprint density at radius 1 is 0.951 bits per heavy atom. The van der Waals surface area contributed by atoms with E-state index >= 15 is 0 Å². The average molecular weight is 563 g/mol. The summed E-state index contributed by atoms with van der Waals surface area (Å²) in [6.45, 7) is 7.83. The number of phenolic OH excluding ortho intramolecular Hbond substituents is 1. The van der Waals surface area contributed by atoms with Gasteiger partial charge >= 0.3 is 11.9 Å². The van der Waals surface area contributed by atoms with Crippen molar-refractivity contribution in [2.75, 3.05) is 6.54 Å². The molecule has 1 aliphatic rings. The second-order valence-electron chi connectivity index (χ2n) is 11.2. The van der Waals surface area contributed by atoms with Crippen LogP contribution in [0.1, 0.15) is 58.2 Å². The summed E-state index contributed by atoms with van der Waals surface area (Å²) in [5.41, 5.74) is -1.40. The molecule has 1 aliphatic heterocycles. The Labute approximate surface area is 240 Å². The van der Waals surface area contributed by atoms with Gasteiger partial charge < -0.3 is 25.2 Å². The second kappa shape index (κ2) is 13.3. The Kier molecular flexibility index (Phi) is 10.1. The van der Waals surface area contributed by atoms with Crippen molar-refractivity contribution in [3.63, 3.8) is 0 Å². The van der Waals surface area contributed by atoms with E-state index in [-0.39, 0.29) is 24.6 Å². The van der Waals surface area contributed by atoms with Gasteiger partial charge in [0.15, 0.2) is 0 Å². The van der Waals surface area contributed by atoms with Gasteiger partial charge in [-0.05, 0) is 57.0 Å². The van der Waals surface area contributed by atoms with E-state index in [1.807, 2.05) is 49.4 Å². The van der Waals surface area contributed by atoms with Gasteiger partial charge in [-0.1, -0.05) is 67.6 Å². The number of esters is 2. The third-order valence-electron chi connectivity index (χ3n) is 6.75. The first kappa shape index (κ1) is 31.1. The number of benzene rings is 2.